The van der Waals surface area contributed by atoms with Crippen molar-refractivity contribution >= 4 is 11.7 Å². The van der Waals surface area contributed by atoms with Crippen LogP contribution < -0.4 is 4.74 Å². The average molecular weight is 377 g/mol. The molecule has 1 atom stereocenters. The van der Waals surface area contributed by atoms with Gasteiger partial charge >= 0.3 is 0 Å². The summed E-state index contributed by atoms with van der Waals surface area (Å²) < 4.78 is 10.5. The predicted molar refractivity (Wildman–Crippen MR) is 99.7 cm³/mol. The molecule has 0 saturated heterocycles. The molecule has 1 aliphatic heterocycles. The Labute approximate surface area is 159 Å². The molecule has 1 unspecified atom stereocenters. The first-order valence-electron chi connectivity index (χ1n) is 9.03. The van der Waals surface area contributed by atoms with Crippen molar-refractivity contribution in [3.05, 3.63) is 35.1 Å². The summed E-state index contributed by atoms with van der Waals surface area (Å²) in [5.41, 5.74) is 0.662. The number of nitrogens with zero attached hydrogens (tertiary/aromatic N) is 1. The zero-order chi connectivity index (χ0) is 20.1. The molecule has 1 amide bonds. The summed E-state index contributed by atoms with van der Waals surface area (Å²) in [5, 5.41) is 20.4. The normalized spacial score (nSPS) is 17.1. The molecule has 0 spiro atoms. The van der Waals surface area contributed by atoms with Crippen LogP contribution in [0.3, 0.4) is 0 Å². The highest BCUT2D eigenvalue weighted by Crippen LogP contribution is 2.41. The minimum atomic E-state index is -0.751. The lowest BCUT2D eigenvalue weighted by molar-refractivity contribution is -0.130. The molecule has 0 bridgehead atoms. The fourth-order valence-corrected chi connectivity index (χ4v) is 3.16. The van der Waals surface area contributed by atoms with Gasteiger partial charge in [0.25, 0.3) is 5.91 Å². The number of aliphatic hydroxyl groups is 1. The van der Waals surface area contributed by atoms with Gasteiger partial charge in [0.2, 0.25) is 0 Å². The molecule has 0 radical (unpaired) electrons. The number of aliphatic hydroxyl groups excluding tert-OH is 1. The van der Waals surface area contributed by atoms with E-state index in [-0.39, 0.29) is 48.3 Å². The third-order valence-corrected chi connectivity index (χ3v) is 4.33. The second kappa shape index (κ2) is 8.90. The monoisotopic (exact) mass is 377 g/mol. The number of phenolic OH excluding ortho intramolecular Hbond substituents is 1. The van der Waals surface area contributed by atoms with Crippen molar-refractivity contribution < 1.29 is 29.3 Å². The van der Waals surface area contributed by atoms with E-state index in [1.807, 2.05) is 13.8 Å². The van der Waals surface area contributed by atoms with Crippen LogP contribution in [0.4, 0.5) is 0 Å². The van der Waals surface area contributed by atoms with Gasteiger partial charge in [-0.1, -0.05) is 19.9 Å². The quantitative estimate of drug-likeness (QED) is 0.687. The van der Waals surface area contributed by atoms with Crippen LogP contribution in [0.25, 0.3) is 0 Å². The number of carbonyl (C=O) groups is 2. The van der Waals surface area contributed by atoms with Crippen molar-refractivity contribution in [2.45, 2.75) is 33.2 Å². The Hall–Kier alpha value is -2.54. The molecule has 148 valence electrons. The summed E-state index contributed by atoms with van der Waals surface area (Å²) in [7, 11) is 1.52. The van der Waals surface area contributed by atoms with E-state index in [4.69, 9.17) is 9.47 Å². The molecule has 1 aromatic rings. The largest absolute Gasteiger partial charge is 0.504 e. The number of phenols is 1. The van der Waals surface area contributed by atoms with E-state index < -0.39 is 17.7 Å². The minimum absolute atomic E-state index is 0.0309. The molecule has 27 heavy (non-hydrogen) atoms. The molecule has 2 rings (SSSR count). The van der Waals surface area contributed by atoms with E-state index in [0.29, 0.717) is 12.2 Å². The Morgan fingerprint density at radius 2 is 2.00 bits per heavy atom. The molecule has 1 aromatic carbocycles. The van der Waals surface area contributed by atoms with E-state index >= 15 is 0 Å². The van der Waals surface area contributed by atoms with Crippen molar-refractivity contribution in [2.75, 3.05) is 26.9 Å². The zero-order valence-corrected chi connectivity index (χ0v) is 16.2. The number of hydrogen-bond donors (Lipinski definition) is 2. The number of aromatic hydroxyl groups is 1. The summed E-state index contributed by atoms with van der Waals surface area (Å²) >= 11 is 0. The number of ether oxygens (including phenoxy) is 2. The fraction of sp³-hybridized carbons (Fsp3) is 0.500. The Morgan fingerprint density at radius 1 is 1.30 bits per heavy atom. The highest BCUT2D eigenvalue weighted by molar-refractivity contribution is 6.09. The van der Waals surface area contributed by atoms with Crippen LogP contribution in [-0.2, 0) is 14.3 Å². The number of benzene rings is 1. The van der Waals surface area contributed by atoms with Gasteiger partial charge in [-0.25, -0.2) is 0 Å². The number of methoxy groups -OCH3 is 1. The van der Waals surface area contributed by atoms with Crippen molar-refractivity contribution in [3.63, 3.8) is 0 Å². The topological polar surface area (TPSA) is 96.3 Å². The maximum Gasteiger partial charge on any atom is 0.290 e. The number of amides is 1. The number of carbonyl (C=O) groups excluding carboxylic acids is 2. The molecular formula is C20H27NO6. The Bertz CT molecular complexity index is 740. The van der Waals surface area contributed by atoms with Gasteiger partial charge in [-0.15, -0.1) is 0 Å². The van der Waals surface area contributed by atoms with Crippen LogP contribution in [-0.4, -0.2) is 53.7 Å². The smallest absolute Gasteiger partial charge is 0.290 e. The van der Waals surface area contributed by atoms with Crippen LogP contribution in [0.15, 0.2) is 29.5 Å². The van der Waals surface area contributed by atoms with E-state index in [1.165, 1.54) is 18.1 Å². The molecule has 0 fully saturated rings. The lowest BCUT2D eigenvalue weighted by atomic mass is 9.92. The second-order valence-corrected chi connectivity index (χ2v) is 6.84. The standard InChI is InChI=1S/C20H27NO6/c1-5-27-16-11-13(6-7-14(16)22)18-17(15(23)10-12(2)3)19(24)20(25)21(18)8-9-26-4/h6-7,11-12,18,22,24H,5,8-10H2,1-4H3. The summed E-state index contributed by atoms with van der Waals surface area (Å²) in [4.78, 5) is 26.8. The van der Waals surface area contributed by atoms with Crippen molar-refractivity contribution in [2.24, 2.45) is 5.92 Å². The third kappa shape index (κ3) is 4.42. The van der Waals surface area contributed by atoms with Crippen LogP contribution in [0.5, 0.6) is 11.5 Å². The van der Waals surface area contributed by atoms with Crippen molar-refractivity contribution in [1.82, 2.24) is 4.90 Å². The van der Waals surface area contributed by atoms with E-state index in [2.05, 4.69) is 0 Å². The maximum absolute atomic E-state index is 12.8. The van der Waals surface area contributed by atoms with Gasteiger partial charge in [0.05, 0.1) is 24.8 Å². The molecule has 7 nitrogen and oxygen atoms in total. The Morgan fingerprint density at radius 3 is 2.59 bits per heavy atom. The van der Waals surface area contributed by atoms with Crippen LogP contribution in [0.2, 0.25) is 0 Å². The lowest BCUT2D eigenvalue weighted by Gasteiger charge is -2.27. The molecule has 1 heterocycles. The van der Waals surface area contributed by atoms with Gasteiger partial charge in [-0.05, 0) is 30.5 Å². The summed E-state index contributed by atoms with van der Waals surface area (Å²) in [5.74, 6) is -1.08. The molecular weight excluding hydrogens is 350 g/mol. The minimum Gasteiger partial charge on any atom is -0.504 e. The highest BCUT2D eigenvalue weighted by atomic mass is 16.5. The Kier molecular flexibility index (Phi) is 6.85. The molecule has 0 aromatic heterocycles. The van der Waals surface area contributed by atoms with Gasteiger partial charge in [0, 0.05) is 20.1 Å². The third-order valence-electron chi connectivity index (χ3n) is 4.33. The second-order valence-electron chi connectivity index (χ2n) is 6.84. The zero-order valence-electron chi connectivity index (χ0n) is 16.2. The molecule has 1 aliphatic rings. The van der Waals surface area contributed by atoms with Gasteiger partial charge in [0.1, 0.15) is 0 Å². The first-order chi connectivity index (χ1) is 12.8. The molecule has 0 aliphatic carbocycles. The van der Waals surface area contributed by atoms with E-state index in [1.54, 1.807) is 19.1 Å². The van der Waals surface area contributed by atoms with E-state index in [0.717, 1.165) is 0 Å². The van der Waals surface area contributed by atoms with Crippen LogP contribution >= 0.6 is 0 Å². The van der Waals surface area contributed by atoms with Crippen LogP contribution in [0, 0.1) is 5.92 Å². The first-order valence-corrected chi connectivity index (χ1v) is 9.03. The number of rotatable bonds is 9. The van der Waals surface area contributed by atoms with Gasteiger partial charge in [-0.2, -0.15) is 0 Å². The maximum atomic E-state index is 12.8. The lowest BCUT2D eigenvalue weighted by Crippen LogP contribution is -2.34. The predicted octanol–water partition coefficient (Wildman–Crippen LogP) is 2.75. The van der Waals surface area contributed by atoms with Crippen molar-refractivity contribution in [3.8, 4) is 11.5 Å². The van der Waals surface area contributed by atoms with Gasteiger partial charge in [-0.3, -0.25) is 9.59 Å². The summed E-state index contributed by atoms with van der Waals surface area (Å²) in [6, 6.07) is 3.92. The number of hydrogen-bond acceptors (Lipinski definition) is 6. The molecule has 2 N–H and O–H groups in total. The van der Waals surface area contributed by atoms with E-state index in [9.17, 15) is 19.8 Å². The summed E-state index contributed by atoms with van der Waals surface area (Å²) in [6.45, 7) is 6.42. The van der Waals surface area contributed by atoms with Gasteiger partial charge < -0.3 is 24.6 Å². The summed E-state index contributed by atoms with van der Waals surface area (Å²) in [6.07, 6.45) is 0.220. The highest BCUT2D eigenvalue weighted by Gasteiger charge is 2.43. The number of ketones is 1. The molecule has 7 heteroatoms. The van der Waals surface area contributed by atoms with Gasteiger partial charge in [0.15, 0.2) is 23.0 Å². The fourth-order valence-electron chi connectivity index (χ4n) is 3.16. The number of Topliss-reactive ketones (excluding diaryl/α,β-unsaturated/α-hetero) is 1. The average Bonchev–Trinajstić information content (AvgIpc) is 2.86. The Balaban J connectivity index is 2.52. The SMILES string of the molecule is CCOc1cc(C2C(C(=O)CC(C)C)=C(O)C(=O)N2CCOC)ccc1O. The molecule has 0 saturated carbocycles. The van der Waals surface area contributed by atoms with Crippen molar-refractivity contribution in [1.29, 1.82) is 0 Å². The first kappa shape index (κ1) is 20.8. The van der Waals surface area contributed by atoms with Crippen LogP contribution in [0.1, 0.15) is 38.8 Å².